The first-order chi connectivity index (χ1) is 16.4. The molecule has 1 atom stereocenters. The Morgan fingerprint density at radius 1 is 0.882 bits per heavy atom. The molecule has 1 aliphatic rings. The molecule has 0 radical (unpaired) electrons. The molecular formula is C26H25Cl3N2O3. The Morgan fingerprint density at radius 2 is 1.59 bits per heavy atom. The van der Waals surface area contributed by atoms with E-state index in [4.69, 9.17) is 44.3 Å². The minimum Gasteiger partial charge on any atom is -0.493 e. The van der Waals surface area contributed by atoms with Gasteiger partial charge in [-0.05, 0) is 60.9 Å². The molecule has 34 heavy (non-hydrogen) atoms. The third kappa shape index (κ3) is 5.97. The number of ether oxygens (including phenoxy) is 2. The van der Waals surface area contributed by atoms with Crippen molar-refractivity contribution < 1.29 is 14.3 Å². The number of amides is 1. The molecule has 1 aliphatic heterocycles. The lowest BCUT2D eigenvalue weighted by Crippen LogP contribution is -2.45. The molecule has 3 aromatic carbocycles. The number of benzene rings is 3. The van der Waals surface area contributed by atoms with Crippen molar-refractivity contribution in [3.05, 3.63) is 92.4 Å². The van der Waals surface area contributed by atoms with Crippen LogP contribution in [0.3, 0.4) is 0 Å². The maximum atomic E-state index is 12.9. The normalized spacial score (nSPS) is 14.9. The van der Waals surface area contributed by atoms with Crippen LogP contribution in [0.25, 0.3) is 0 Å². The molecule has 1 heterocycles. The number of rotatable bonds is 7. The van der Waals surface area contributed by atoms with Crippen molar-refractivity contribution in [2.75, 3.05) is 20.2 Å². The van der Waals surface area contributed by atoms with Gasteiger partial charge < -0.3 is 9.47 Å². The van der Waals surface area contributed by atoms with Crippen LogP contribution in [0.4, 0.5) is 0 Å². The highest BCUT2D eigenvalue weighted by atomic mass is 35.5. The molecule has 5 nitrogen and oxygen atoms in total. The number of methoxy groups -OCH3 is 1. The summed E-state index contributed by atoms with van der Waals surface area (Å²) in [5.41, 5.74) is 5.01. The molecular weight excluding hydrogens is 495 g/mol. The van der Waals surface area contributed by atoms with Crippen LogP contribution in [0, 0.1) is 0 Å². The Balaban J connectivity index is 1.67. The summed E-state index contributed by atoms with van der Waals surface area (Å²) in [6.07, 6.45) is 2.74. The van der Waals surface area contributed by atoms with E-state index in [1.165, 1.54) is 6.42 Å². The lowest BCUT2D eigenvalue weighted by atomic mass is 10.0. The third-order valence-corrected chi connectivity index (χ3v) is 6.52. The van der Waals surface area contributed by atoms with E-state index >= 15 is 0 Å². The number of carbonyl (C=O) groups is 1. The van der Waals surface area contributed by atoms with Gasteiger partial charge in [-0.1, -0.05) is 59.4 Å². The van der Waals surface area contributed by atoms with Crippen LogP contribution in [0.5, 0.6) is 11.5 Å². The van der Waals surface area contributed by atoms with Crippen LogP contribution in [0.15, 0.2) is 60.7 Å². The SMILES string of the molecule is COc1ccc(C(=O)NN2CCCCC2)cc1OC(c1ccc(Cl)cc1)c1ccc(Cl)cc1Cl. The zero-order valence-electron chi connectivity index (χ0n) is 18.7. The second-order valence-electron chi connectivity index (χ2n) is 8.07. The summed E-state index contributed by atoms with van der Waals surface area (Å²) in [5.74, 6) is 0.723. The van der Waals surface area contributed by atoms with Crippen molar-refractivity contribution in [1.29, 1.82) is 0 Å². The van der Waals surface area contributed by atoms with E-state index in [1.54, 1.807) is 49.6 Å². The first-order valence-corrected chi connectivity index (χ1v) is 12.2. The molecule has 0 aromatic heterocycles. The van der Waals surface area contributed by atoms with Gasteiger partial charge in [-0.2, -0.15) is 0 Å². The highest BCUT2D eigenvalue weighted by Gasteiger charge is 2.23. The van der Waals surface area contributed by atoms with Gasteiger partial charge in [0, 0.05) is 39.3 Å². The number of nitrogens with zero attached hydrogens (tertiary/aromatic N) is 1. The molecule has 3 aromatic rings. The van der Waals surface area contributed by atoms with E-state index < -0.39 is 6.10 Å². The summed E-state index contributed by atoms with van der Waals surface area (Å²) in [7, 11) is 1.56. The number of carbonyl (C=O) groups excluding carboxylic acids is 1. The highest BCUT2D eigenvalue weighted by molar-refractivity contribution is 6.35. The topological polar surface area (TPSA) is 50.8 Å². The smallest absolute Gasteiger partial charge is 0.265 e. The van der Waals surface area contributed by atoms with E-state index in [0.717, 1.165) is 37.1 Å². The van der Waals surface area contributed by atoms with Crippen LogP contribution in [0.1, 0.15) is 46.9 Å². The molecule has 1 fully saturated rings. The summed E-state index contributed by atoms with van der Waals surface area (Å²) in [6, 6.07) is 17.7. The minimum atomic E-state index is -0.587. The highest BCUT2D eigenvalue weighted by Crippen LogP contribution is 2.38. The van der Waals surface area contributed by atoms with Gasteiger partial charge in [-0.25, -0.2) is 5.01 Å². The van der Waals surface area contributed by atoms with Crippen LogP contribution in [-0.2, 0) is 0 Å². The summed E-state index contributed by atoms with van der Waals surface area (Å²) in [4.78, 5) is 12.9. The zero-order chi connectivity index (χ0) is 24.1. The second-order valence-corrected chi connectivity index (χ2v) is 9.35. The summed E-state index contributed by atoms with van der Waals surface area (Å²) < 4.78 is 12.0. The number of halogens is 3. The molecule has 178 valence electrons. The predicted molar refractivity (Wildman–Crippen MR) is 136 cm³/mol. The Morgan fingerprint density at radius 3 is 2.26 bits per heavy atom. The molecule has 0 spiro atoms. The summed E-state index contributed by atoms with van der Waals surface area (Å²) in [5, 5.41) is 3.56. The molecule has 1 unspecified atom stereocenters. The van der Waals surface area contributed by atoms with Gasteiger partial charge in [0.15, 0.2) is 17.6 Å². The van der Waals surface area contributed by atoms with E-state index in [1.807, 2.05) is 23.2 Å². The van der Waals surface area contributed by atoms with E-state index in [2.05, 4.69) is 5.43 Å². The van der Waals surface area contributed by atoms with Crippen molar-refractivity contribution in [2.24, 2.45) is 0 Å². The Hall–Kier alpha value is -2.44. The molecule has 1 amide bonds. The van der Waals surface area contributed by atoms with Crippen molar-refractivity contribution in [1.82, 2.24) is 10.4 Å². The maximum Gasteiger partial charge on any atom is 0.265 e. The summed E-state index contributed by atoms with van der Waals surface area (Å²) >= 11 is 18.8. The van der Waals surface area contributed by atoms with Crippen molar-refractivity contribution in [3.8, 4) is 11.5 Å². The maximum absolute atomic E-state index is 12.9. The van der Waals surface area contributed by atoms with Gasteiger partial charge in [0.05, 0.1) is 7.11 Å². The number of hydrogen-bond acceptors (Lipinski definition) is 4. The van der Waals surface area contributed by atoms with Gasteiger partial charge in [0.25, 0.3) is 5.91 Å². The minimum absolute atomic E-state index is 0.193. The van der Waals surface area contributed by atoms with Gasteiger partial charge in [-0.15, -0.1) is 0 Å². The lowest BCUT2D eigenvalue weighted by Gasteiger charge is -2.27. The quantitative estimate of drug-likeness (QED) is 0.367. The first-order valence-electron chi connectivity index (χ1n) is 11.1. The second kappa shape index (κ2) is 11.3. The Bertz CT molecular complexity index is 1150. The van der Waals surface area contributed by atoms with E-state index in [-0.39, 0.29) is 5.91 Å². The molecule has 8 heteroatoms. The summed E-state index contributed by atoms with van der Waals surface area (Å²) in [6.45, 7) is 1.69. The van der Waals surface area contributed by atoms with E-state index in [9.17, 15) is 4.79 Å². The first kappa shape index (κ1) is 24.7. The van der Waals surface area contributed by atoms with Crippen LogP contribution in [-0.4, -0.2) is 31.1 Å². The molecule has 0 aliphatic carbocycles. The molecule has 4 rings (SSSR count). The molecule has 1 N–H and O–H groups in total. The van der Waals surface area contributed by atoms with Gasteiger partial charge >= 0.3 is 0 Å². The fourth-order valence-electron chi connectivity index (χ4n) is 3.91. The van der Waals surface area contributed by atoms with Crippen molar-refractivity contribution in [3.63, 3.8) is 0 Å². The number of hydrogen-bond donors (Lipinski definition) is 1. The Kier molecular flexibility index (Phi) is 8.22. The number of piperidine rings is 1. The van der Waals surface area contributed by atoms with E-state index in [0.29, 0.717) is 32.1 Å². The molecule has 0 saturated carbocycles. The van der Waals surface area contributed by atoms with Crippen LogP contribution >= 0.6 is 34.8 Å². The largest absolute Gasteiger partial charge is 0.493 e. The molecule has 0 bridgehead atoms. The fourth-order valence-corrected chi connectivity index (χ4v) is 4.55. The predicted octanol–water partition coefficient (Wildman–Crippen LogP) is 6.95. The van der Waals surface area contributed by atoms with Crippen molar-refractivity contribution in [2.45, 2.75) is 25.4 Å². The van der Waals surface area contributed by atoms with Crippen molar-refractivity contribution >= 4 is 40.7 Å². The third-order valence-electron chi connectivity index (χ3n) is 5.70. The van der Waals surface area contributed by atoms with Crippen LogP contribution in [0.2, 0.25) is 15.1 Å². The number of hydrazine groups is 1. The van der Waals surface area contributed by atoms with Crippen LogP contribution < -0.4 is 14.9 Å². The lowest BCUT2D eigenvalue weighted by molar-refractivity contribution is 0.0749. The number of nitrogens with one attached hydrogen (secondary N) is 1. The average Bonchev–Trinajstić information content (AvgIpc) is 2.84. The van der Waals surface area contributed by atoms with Gasteiger partial charge in [-0.3, -0.25) is 10.2 Å². The fraction of sp³-hybridized carbons (Fsp3) is 0.269. The Labute approximate surface area is 214 Å². The van der Waals surface area contributed by atoms with Gasteiger partial charge in [0.1, 0.15) is 0 Å². The standard InChI is InChI=1S/C26H25Cl3N2O3/c1-33-23-12-7-18(26(32)30-31-13-3-2-4-14-31)15-24(23)34-25(17-5-8-19(27)9-6-17)21-11-10-20(28)16-22(21)29/h5-12,15-16,25H,2-4,13-14H2,1H3,(H,30,32). The monoisotopic (exact) mass is 518 g/mol. The zero-order valence-corrected chi connectivity index (χ0v) is 21.0. The molecule has 1 saturated heterocycles. The average molecular weight is 520 g/mol. The van der Waals surface area contributed by atoms with Gasteiger partial charge in [0.2, 0.25) is 0 Å².